The maximum atomic E-state index is 12.0. The molecule has 24 heavy (non-hydrogen) atoms. The summed E-state index contributed by atoms with van der Waals surface area (Å²) in [4.78, 5) is 24.4. The molecule has 0 saturated heterocycles. The van der Waals surface area contributed by atoms with Crippen molar-refractivity contribution in [3.05, 3.63) is 29.8 Å². The van der Waals surface area contributed by atoms with E-state index >= 15 is 0 Å². The van der Waals surface area contributed by atoms with Crippen LogP contribution in [-0.2, 0) is 14.3 Å². The average molecular weight is 336 g/mol. The largest absolute Gasteiger partial charge is 0.493 e. The zero-order chi connectivity index (χ0) is 17.9. The zero-order valence-corrected chi connectivity index (χ0v) is 14.3. The van der Waals surface area contributed by atoms with Gasteiger partial charge in [-0.15, -0.1) is 0 Å². The van der Waals surface area contributed by atoms with Crippen molar-refractivity contribution in [3.8, 4) is 11.5 Å². The minimum atomic E-state index is -0.567. The summed E-state index contributed by atoms with van der Waals surface area (Å²) in [6.45, 7) is 1.02. The number of benzene rings is 1. The van der Waals surface area contributed by atoms with Crippen molar-refractivity contribution in [1.82, 2.24) is 4.90 Å². The minimum absolute atomic E-state index is 0.0980. The highest BCUT2D eigenvalue weighted by atomic mass is 16.5. The van der Waals surface area contributed by atoms with Crippen molar-refractivity contribution in [1.29, 1.82) is 0 Å². The van der Waals surface area contributed by atoms with Gasteiger partial charge in [0.25, 0.3) is 5.91 Å². The highest BCUT2D eigenvalue weighted by molar-refractivity contribution is 5.91. The molecular formula is C17H24N2O5. The van der Waals surface area contributed by atoms with Gasteiger partial charge >= 0.3 is 0 Å². The summed E-state index contributed by atoms with van der Waals surface area (Å²) in [5.41, 5.74) is 5.82. The van der Waals surface area contributed by atoms with E-state index in [4.69, 9.17) is 19.9 Å². The number of methoxy groups -OCH3 is 2. The lowest BCUT2D eigenvalue weighted by Crippen LogP contribution is -2.26. The van der Waals surface area contributed by atoms with Crippen LogP contribution >= 0.6 is 0 Å². The third-order valence-electron chi connectivity index (χ3n) is 3.19. The number of primary amides is 1. The molecule has 2 amide bonds. The first kappa shape index (κ1) is 19.5. The monoisotopic (exact) mass is 336 g/mol. The van der Waals surface area contributed by atoms with E-state index < -0.39 is 5.91 Å². The summed E-state index contributed by atoms with van der Waals surface area (Å²) in [7, 11) is 4.87. The number of nitrogens with two attached hydrogens (primary N) is 1. The molecule has 7 heteroatoms. The molecule has 0 saturated carbocycles. The fourth-order valence-electron chi connectivity index (χ4n) is 1.91. The molecule has 0 spiro atoms. The van der Waals surface area contributed by atoms with Gasteiger partial charge in [0.15, 0.2) is 18.1 Å². The lowest BCUT2D eigenvalue weighted by Gasteiger charge is -2.14. The molecule has 0 aliphatic carbocycles. The molecule has 0 aliphatic rings. The molecule has 0 atom stereocenters. The van der Waals surface area contributed by atoms with Crippen LogP contribution in [0.3, 0.4) is 0 Å². The highest BCUT2D eigenvalue weighted by Gasteiger charge is 2.07. The van der Waals surface area contributed by atoms with Crippen molar-refractivity contribution in [2.75, 3.05) is 41.0 Å². The third-order valence-corrected chi connectivity index (χ3v) is 3.19. The lowest BCUT2D eigenvalue weighted by atomic mass is 10.2. The molecule has 2 N–H and O–H groups in total. The molecular weight excluding hydrogens is 312 g/mol. The van der Waals surface area contributed by atoms with Crippen LogP contribution in [0.5, 0.6) is 11.5 Å². The molecule has 7 nitrogen and oxygen atoms in total. The number of hydrogen-bond acceptors (Lipinski definition) is 5. The summed E-state index contributed by atoms with van der Waals surface area (Å²) in [5, 5.41) is 0. The summed E-state index contributed by atoms with van der Waals surface area (Å²) < 4.78 is 15.4. The van der Waals surface area contributed by atoms with Gasteiger partial charge in [0.2, 0.25) is 5.91 Å². The third kappa shape index (κ3) is 6.70. The number of ether oxygens (including phenoxy) is 3. The second-order valence-electron chi connectivity index (χ2n) is 5.10. The van der Waals surface area contributed by atoms with Crippen LogP contribution in [0.4, 0.5) is 0 Å². The highest BCUT2D eigenvalue weighted by Crippen LogP contribution is 2.28. The Morgan fingerprint density at radius 1 is 1.25 bits per heavy atom. The topological polar surface area (TPSA) is 91.1 Å². The smallest absolute Gasteiger partial charge is 0.255 e. The molecule has 132 valence electrons. The summed E-state index contributed by atoms with van der Waals surface area (Å²) in [6, 6.07) is 5.13. The molecule has 1 aromatic carbocycles. The number of rotatable bonds is 10. The maximum Gasteiger partial charge on any atom is 0.255 e. The Hall–Kier alpha value is -2.54. The second-order valence-corrected chi connectivity index (χ2v) is 5.10. The van der Waals surface area contributed by atoms with E-state index in [-0.39, 0.29) is 12.5 Å². The SMILES string of the molecule is COCCCN(C)C(=O)/C=C/c1ccc(OCC(N)=O)c(OC)c1. The normalized spacial score (nSPS) is 10.6. The second kappa shape index (κ2) is 10.3. The summed E-state index contributed by atoms with van der Waals surface area (Å²) in [6.07, 6.45) is 3.97. The van der Waals surface area contributed by atoms with Gasteiger partial charge in [-0.3, -0.25) is 9.59 Å². The predicted molar refractivity (Wildman–Crippen MR) is 90.8 cm³/mol. The Morgan fingerprint density at radius 3 is 2.62 bits per heavy atom. The van der Waals surface area contributed by atoms with Crippen LogP contribution < -0.4 is 15.2 Å². The fourth-order valence-corrected chi connectivity index (χ4v) is 1.91. The predicted octanol–water partition coefficient (Wildman–Crippen LogP) is 1.07. The Bertz CT molecular complexity index is 586. The number of hydrogen-bond donors (Lipinski definition) is 1. The fraction of sp³-hybridized carbons (Fsp3) is 0.412. The number of carbonyl (C=O) groups is 2. The van der Waals surface area contributed by atoms with Gasteiger partial charge < -0.3 is 24.8 Å². The first-order valence-corrected chi connectivity index (χ1v) is 7.49. The van der Waals surface area contributed by atoms with Crippen LogP contribution in [0.15, 0.2) is 24.3 Å². The molecule has 0 radical (unpaired) electrons. The number of likely N-dealkylation sites (N-methyl/N-ethyl adjacent to an activating group) is 1. The van der Waals surface area contributed by atoms with Gasteiger partial charge in [-0.05, 0) is 30.2 Å². The summed E-state index contributed by atoms with van der Waals surface area (Å²) >= 11 is 0. The van der Waals surface area contributed by atoms with Crippen molar-refractivity contribution in [3.63, 3.8) is 0 Å². The van der Waals surface area contributed by atoms with Crippen molar-refractivity contribution in [2.24, 2.45) is 5.73 Å². The number of nitrogens with zero attached hydrogens (tertiary/aromatic N) is 1. The van der Waals surface area contributed by atoms with Crippen LogP contribution in [0.1, 0.15) is 12.0 Å². The van der Waals surface area contributed by atoms with Gasteiger partial charge in [-0.2, -0.15) is 0 Å². The van der Waals surface area contributed by atoms with Crippen LogP contribution in [0, 0.1) is 0 Å². The minimum Gasteiger partial charge on any atom is -0.493 e. The van der Waals surface area contributed by atoms with Crippen LogP contribution in [0.25, 0.3) is 6.08 Å². The molecule has 1 rings (SSSR count). The van der Waals surface area contributed by atoms with E-state index in [0.717, 1.165) is 12.0 Å². The van der Waals surface area contributed by atoms with Gasteiger partial charge in [0, 0.05) is 33.4 Å². The number of carbonyl (C=O) groups excluding carboxylic acids is 2. The van der Waals surface area contributed by atoms with E-state index in [2.05, 4.69) is 0 Å². The van der Waals surface area contributed by atoms with E-state index in [0.29, 0.717) is 24.7 Å². The van der Waals surface area contributed by atoms with E-state index in [1.54, 1.807) is 43.3 Å². The zero-order valence-electron chi connectivity index (χ0n) is 14.3. The number of amides is 2. The maximum absolute atomic E-state index is 12.0. The Labute approximate surface area is 142 Å². The summed E-state index contributed by atoms with van der Waals surface area (Å²) in [5.74, 6) is 0.206. The first-order valence-electron chi connectivity index (χ1n) is 7.49. The van der Waals surface area contributed by atoms with Crippen molar-refractivity contribution >= 4 is 17.9 Å². The standard InChI is InChI=1S/C17H24N2O5/c1-19(9-4-10-22-2)17(21)8-6-13-5-7-14(15(11-13)23-3)24-12-16(18)20/h5-8,11H,4,9-10,12H2,1-3H3,(H2,18,20)/b8-6+. The van der Waals surface area contributed by atoms with E-state index in [9.17, 15) is 9.59 Å². The Kier molecular flexibility index (Phi) is 8.35. The lowest BCUT2D eigenvalue weighted by molar-refractivity contribution is -0.125. The van der Waals surface area contributed by atoms with Crippen molar-refractivity contribution in [2.45, 2.75) is 6.42 Å². The molecule has 1 aromatic rings. The molecule has 0 heterocycles. The van der Waals surface area contributed by atoms with Gasteiger partial charge in [-0.25, -0.2) is 0 Å². The van der Waals surface area contributed by atoms with Crippen LogP contribution in [0.2, 0.25) is 0 Å². The molecule has 0 aromatic heterocycles. The Balaban J connectivity index is 2.69. The molecule has 0 unspecified atom stereocenters. The molecule has 0 fully saturated rings. The van der Waals surface area contributed by atoms with Gasteiger partial charge in [-0.1, -0.05) is 6.07 Å². The average Bonchev–Trinajstić information content (AvgIpc) is 2.57. The quantitative estimate of drug-likeness (QED) is 0.510. The van der Waals surface area contributed by atoms with Crippen LogP contribution in [-0.4, -0.2) is 57.7 Å². The van der Waals surface area contributed by atoms with E-state index in [1.807, 2.05) is 0 Å². The van der Waals surface area contributed by atoms with Crippen molar-refractivity contribution < 1.29 is 23.8 Å². The van der Waals surface area contributed by atoms with E-state index in [1.165, 1.54) is 13.2 Å². The Morgan fingerprint density at radius 2 is 2.00 bits per heavy atom. The molecule has 0 bridgehead atoms. The first-order chi connectivity index (χ1) is 11.5. The van der Waals surface area contributed by atoms with Gasteiger partial charge in [0.05, 0.1) is 7.11 Å². The van der Waals surface area contributed by atoms with Gasteiger partial charge in [0.1, 0.15) is 0 Å². The molecule has 0 aliphatic heterocycles.